The van der Waals surface area contributed by atoms with E-state index in [1.54, 1.807) is 35.2 Å². The van der Waals surface area contributed by atoms with E-state index in [2.05, 4.69) is 10.6 Å². The van der Waals surface area contributed by atoms with Gasteiger partial charge in [-0.1, -0.05) is 12.1 Å². The molecule has 2 aromatic rings. The van der Waals surface area contributed by atoms with Gasteiger partial charge in [0.1, 0.15) is 17.1 Å². The highest BCUT2D eigenvalue weighted by Crippen LogP contribution is 2.39. The second-order valence-electron chi connectivity index (χ2n) is 10.6. The molecule has 2 aliphatic heterocycles. The lowest BCUT2D eigenvalue weighted by atomic mass is 9.91. The fourth-order valence-corrected chi connectivity index (χ4v) is 5.45. The fourth-order valence-electron chi connectivity index (χ4n) is 5.45. The van der Waals surface area contributed by atoms with Crippen LogP contribution in [-0.4, -0.2) is 79.7 Å². The van der Waals surface area contributed by atoms with Gasteiger partial charge in [-0.3, -0.25) is 9.59 Å². The highest BCUT2D eigenvalue weighted by molar-refractivity contribution is 6.00. The van der Waals surface area contributed by atoms with Gasteiger partial charge in [-0.15, -0.1) is 0 Å². The number of piperidine rings is 1. The molecule has 1 atom stereocenters. The first-order valence-corrected chi connectivity index (χ1v) is 13.5. The maximum Gasteiger partial charge on any atom is 0.320 e. The van der Waals surface area contributed by atoms with Gasteiger partial charge in [0.05, 0.1) is 26.0 Å². The first-order valence-electron chi connectivity index (χ1n) is 13.5. The summed E-state index contributed by atoms with van der Waals surface area (Å²) in [5.74, 6) is 0.240. The van der Waals surface area contributed by atoms with Crippen LogP contribution in [0.4, 0.5) is 14.9 Å². The van der Waals surface area contributed by atoms with Crippen LogP contribution in [0.5, 0.6) is 5.75 Å². The summed E-state index contributed by atoms with van der Waals surface area (Å²) in [7, 11) is 1.49. The molecule has 2 heterocycles. The number of nitrogens with zero attached hydrogens (tertiary/aromatic N) is 2. The smallest absolute Gasteiger partial charge is 0.320 e. The molecule has 5 rings (SSSR count). The quantitative estimate of drug-likeness (QED) is 0.563. The molecule has 3 fully saturated rings. The number of benzene rings is 2. The summed E-state index contributed by atoms with van der Waals surface area (Å²) < 4.78 is 24.0. The Balaban J connectivity index is 1.21. The maximum atomic E-state index is 13.5. The number of rotatable bonds is 7. The summed E-state index contributed by atoms with van der Waals surface area (Å²) >= 11 is 0. The van der Waals surface area contributed by atoms with Crippen LogP contribution < -0.4 is 15.4 Å². The largest absolute Gasteiger partial charge is 0.495 e. The summed E-state index contributed by atoms with van der Waals surface area (Å²) in [6.45, 7) is 3.29. The molecule has 3 aliphatic rings. The number of amides is 4. The van der Waals surface area contributed by atoms with Crippen molar-refractivity contribution in [1.29, 1.82) is 0 Å². The van der Waals surface area contributed by atoms with Crippen LogP contribution in [0.1, 0.15) is 41.6 Å². The lowest BCUT2D eigenvalue weighted by molar-refractivity contribution is -0.136. The number of ether oxygens (including phenoxy) is 2. The number of nitrogens with one attached hydrogen (secondary N) is 2. The van der Waals surface area contributed by atoms with Gasteiger partial charge in [0.25, 0.3) is 5.91 Å². The predicted molar refractivity (Wildman–Crippen MR) is 143 cm³/mol. The summed E-state index contributed by atoms with van der Waals surface area (Å²) in [6.07, 6.45) is 3.82. The van der Waals surface area contributed by atoms with Crippen LogP contribution in [0, 0.1) is 11.7 Å². The number of anilines is 1. The maximum absolute atomic E-state index is 13.5. The van der Waals surface area contributed by atoms with Crippen molar-refractivity contribution >= 4 is 23.5 Å². The van der Waals surface area contributed by atoms with Crippen molar-refractivity contribution in [1.82, 2.24) is 15.1 Å². The highest BCUT2D eigenvalue weighted by Gasteiger charge is 2.53. The standard InChI is InChI=1S/C29H35FN4O5/c1-38-25-9-6-22(26(35)33-13-15-39-16-14-33)18-24(25)31-28(37)32-29(10-11-29)27(36)34-12-2-3-21(19-34)17-20-4-7-23(30)8-5-20/h4-9,18,21H,2-3,10-17,19H2,1H3,(H2,31,32,37)/t21-/m0/s1. The first-order chi connectivity index (χ1) is 18.9. The molecule has 2 saturated heterocycles. The monoisotopic (exact) mass is 538 g/mol. The molecule has 39 heavy (non-hydrogen) atoms. The number of urea groups is 1. The average molecular weight is 539 g/mol. The second-order valence-corrected chi connectivity index (χ2v) is 10.6. The number of hydrogen-bond acceptors (Lipinski definition) is 5. The van der Waals surface area contributed by atoms with Gasteiger partial charge in [0, 0.05) is 31.7 Å². The van der Waals surface area contributed by atoms with E-state index in [4.69, 9.17) is 9.47 Å². The minimum atomic E-state index is -0.920. The number of methoxy groups -OCH3 is 1. The molecule has 0 spiro atoms. The van der Waals surface area contributed by atoms with Gasteiger partial charge in [-0.05, 0) is 73.9 Å². The number of carbonyl (C=O) groups is 3. The molecule has 1 saturated carbocycles. The third-order valence-corrected chi connectivity index (χ3v) is 7.75. The number of morpholine rings is 1. The molecule has 1 aliphatic carbocycles. The van der Waals surface area contributed by atoms with Crippen molar-refractivity contribution in [2.45, 2.75) is 37.6 Å². The molecule has 9 nitrogen and oxygen atoms in total. The lowest BCUT2D eigenvalue weighted by Crippen LogP contribution is -2.54. The Morgan fingerprint density at radius 3 is 2.49 bits per heavy atom. The van der Waals surface area contributed by atoms with Crippen molar-refractivity contribution in [3.05, 3.63) is 59.4 Å². The summed E-state index contributed by atoms with van der Waals surface area (Å²) in [5.41, 5.74) is 0.925. The minimum Gasteiger partial charge on any atom is -0.495 e. The van der Waals surface area contributed by atoms with E-state index in [1.807, 2.05) is 4.90 Å². The molecular formula is C29H35FN4O5. The van der Waals surface area contributed by atoms with Crippen molar-refractivity contribution in [3.8, 4) is 5.75 Å². The van der Waals surface area contributed by atoms with Crippen LogP contribution >= 0.6 is 0 Å². The van der Waals surface area contributed by atoms with E-state index in [0.717, 1.165) is 24.8 Å². The van der Waals surface area contributed by atoms with Gasteiger partial charge < -0.3 is 29.9 Å². The third kappa shape index (κ3) is 6.33. The number of likely N-dealkylation sites (tertiary alicyclic amines) is 1. The summed E-state index contributed by atoms with van der Waals surface area (Å²) in [6, 6.07) is 10.9. The van der Waals surface area contributed by atoms with E-state index in [0.29, 0.717) is 69.2 Å². The Kier molecular flexibility index (Phi) is 8.02. The topological polar surface area (TPSA) is 100 Å². The van der Waals surface area contributed by atoms with E-state index in [-0.39, 0.29) is 23.5 Å². The lowest BCUT2D eigenvalue weighted by Gasteiger charge is -2.35. The molecule has 0 aromatic heterocycles. The zero-order valence-corrected chi connectivity index (χ0v) is 22.2. The average Bonchev–Trinajstić information content (AvgIpc) is 3.74. The Hall–Kier alpha value is -3.66. The van der Waals surface area contributed by atoms with E-state index < -0.39 is 11.6 Å². The zero-order valence-electron chi connectivity index (χ0n) is 22.2. The Bertz CT molecular complexity index is 1210. The SMILES string of the molecule is COc1ccc(C(=O)N2CCOCC2)cc1NC(=O)NC1(C(=O)N2CCC[C@@H](Cc3ccc(F)cc3)C2)CC1. The molecule has 0 radical (unpaired) electrons. The summed E-state index contributed by atoms with van der Waals surface area (Å²) in [5, 5.41) is 5.68. The van der Waals surface area contributed by atoms with Crippen molar-refractivity contribution in [2.24, 2.45) is 5.92 Å². The van der Waals surface area contributed by atoms with Crippen LogP contribution in [0.2, 0.25) is 0 Å². The summed E-state index contributed by atoms with van der Waals surface area (Å²) in [4.78, 5) is 43.1. The first kappa shape index (κ1) is 26.9. The van der Waals surface area contributed by atoms with E-state index in [9.17, 15) is 18.8 Å². The Morgan fingerprint density at radius 2 is 1.79 bits per heavy atom. The molecule has 0 unspecified atom stereocenters. The van der Waals surface area contributed by atoms with E-state index in [1.165, 1.54) is 19.2 Å². The molecule has 2 N–H and O–H groups in total. The zero-order chi connectivity index (χ0) is 27.4. The third-order valence-electron chi connectivity index (χ3n) is 7.75. The van der Waals surface area contributed by atoms with Gasteiger partial charge in [-0.2, -0.15) is 0 Å². The fraction of sp³-hybridized carbons (Fsp3) is 0.483. The van der Waals surface area contributed by atoms with E-state index >= 15 is 0 Å². The normalized spacial score (nSPS) is 20.2. The van der Waals surface area contributed by atoms with Crippen LogP contribution in [0.15, 0.2) is 42.5 Å². The Labute approximate surface area is 227 Å². The predicted octanol–water partition coefficient (Wildman–Crippen LogP) is 3.44. The van der Waals surface area contributed by atoms with Gasteiger partial charge in [-0.25, -0.2) is 9.18 Å². The minimum absolute atomic E-state index is 0.0651. The van der Waals surface area contributed by atoms with Crippen LogP contribution in [-0.2, 0) is 16.0 Å². The molecule has 2 aromatic carbocycles. The van der Waals surface area contributed by atoms with Crippen molar-refractivity contribution in [2.75, 3.05) is 51.8 Å². The van der Waals surface area contributed by atoms with Gasteiger partial charge in [0.2, 0.25) is 5.91 Å². The highest BCUT2D eigenvalue weighted by atomic mass is 19.1. The van der Waals surface area contributed by atoms with Gasteiger partial charge >= 0.3 is 6.03 Å². The molecule has 0 bridgehead atoms. The van der Waals surface area contributed by atoms with Crippen molar-refractivity contribution in [3.63, 3.8) is 0 Å². The molecule has 4 amide bonds. The van der Waals surface area contributed by atoms with Gasteiger partial charge in [0.15, 0.2) is 0 Å². The molecule has 208 valence electrons. The number of carbonyl (C=O) groups excluding carboxylic acids is 3. The Morgan fingerprint density at radius 1 is 1.05 bits per heavy atom. The number of halogens is 1. The molecule has 10 heteroatoms. The van der Waals surface area contributed by atoms with Crippen LogP contribution in [0.25, 0.3) is 0 Å². The van der Waals surface area contributed by atoms with Crippen molar-refractivity contribution < 1.29 is 28.2 Å². The van der Waals surface area contributed by atoms with Crippen LogP contribution in [0.3, 0.4) is 0 Å². The number of hydrogen-bond donors (Lipinski definition) is 2. The molecular weight excluding hydrogens is 503 g/mol. The second kappa shape index (κ2) is 11.6.